The molecule has 2 aromatic rings. The van der Waals surface area contributed by atoms with Crippen LogP contribution in [0.25, 0.3) is 0 Å². The van der Waals surface area contributed by atoms with Gasteiger partial charge in [0.1, 0.15) is 5.60 Å². The molecule has 0 aliphatic heterocycles. The lowest BCUT2D eigenvalue weighted by Gasteiger charge is -2.24. The molecule has 0 spiro atoms. The first-order valence-electron chi connectivity index (χ1n) is 5.92. The summed E-state index contributed by atoms with van der Waals surface area (Å²) in [6.07, 6.45) is 3.41. The van der Waals surface area contributed by atoms with Gasteiger partial charge in [0, 0.05) is 13.2 Å². The van der Waals surface area contributed by atoms with Crippen LogP contribution in [-0.4, -0.2) is 14.9 Å². The average Bonchev–Trinajstić information content (AvgIpc) is 2.85. The fourth-order valence-corrected chi connectivity index (χ4v) is 2.79. The number of nitrogens with zero attached hydrogens (tertiary/aromatic N) is 2. The highest BCUT2D eigenvalue weighted by atomic mass is 16.3. The quantitative estimate of drug-likeness (QED) is 0.809. The number of aromatic nitrogens is 2. The highest BCUT2D eigenvalue weighted by molar-refractivity contribution is 5.44. The molecule has 3 heteroatoms. The zero-order valence-corrected chi connectivity index (χ0v) is 10.1. The molecule has 1 unspecified atom stereocenters. The van der Waals surface area contributed by atoms with Crippen LogP contribution in [0.2, 0.25) is 0 Å². The number of fused-ring (bicyclic) bond motifs is 1. The molecule has 3 nitrogen and oxygen atoms in total. The summed E-state index contributed by atoms with van der Waals surface area (Å²) in [7, 11) is 1.88. The molecule has 0 saturated carbocycles. The van der Waals surface area contributed by atoms with E-state index < -0.39 is 5.60 Å². The van der Waals surface area contributed by atoms with E-state index in [1.54, 1.807) is 10.9 Å². The van der Waals surface area contributed by atoms with Gasteiger partial charge >= 0.3 is 0 Å². The zero-order valence-electron chi connectivity index (χ0n) is 10.1. The molecule has 1 heterocycles. The second-order valence-electron chi connectivity index (χ2n) is 4.86. The third kappa shape index (κ3) is 1.42. The molecular formula is C14H16N2O. The molecule has 0 fully saturated rings. The van der Waals surface area contributed by atoms with Gasteiger partial charge in [0.15, 0.2) is 0 Å². The smallest absolute Gasteiger partial charge is 0.132 e. The molecule has 1 atom stereocenters. The van der Waals surface area contributed by atoms with Crippen LogP contribution in [0.3, 0.4) is 0 Å². The predicted octanol–water partition coefficient (Wildman–Crippen LogP) is 1.91. The Hall–Kier alpha value is -1.61. The Labute approximate surface area is 101 Å². The number of hydrogen-bond acceptors (Lipinski definition) is 2. The van der Waals surface area contributed by atoms with Gasteiger partial charge in [-0.15, -0.1) is 0 Å². The summed E-state index contributed by atoms with van der Waals surface area (Å²) in [5.74, 6) is 0. The Bertz CT molecular complexity index is 573. The largest absolute Gasteiger partial charge is 0.379 e. The maximum absolute atomic E-state index is 10.9. The van der Waals surface area contributed by atoms with Gasteiger partial charge in [0.05, 0.1) is 5.69 Å². The summed E-state index contributed by atoms with van der Waals surface area (Å²) in [5, 5.41) is 15.1. The second-order valence-corrected chi connectivity index (χ2v) is 4.86. The van der Waals surface area contributed by atoms with E-state index >= 15 is 0 Å². The first-order chi connectivity index (χ1) is 8.11. The van der Waals surface area contributed by atoms with Gasteiger partial charge < -0.3 is 5.11 Å². The summed E-state index contributed by atoms with van der Waals surface area (Å²) in [6.45, 7) is 2.06. The summed E-state index contributed by atoms with van der Waals surface area (Å²) in [6, 6.07) is 8.22. The molecule has 0 radical (unpaired) electrons. The van der Waals surface area contributed by atoms with E-state index in [-0.39, 0.29) is 0 Å². The van der Waals surface area contributed by atoms with Crippen LogP contribution in [0.4, 0.5) is 0 Å². The van der Waals surface area contributed by atoms with Crippen molar-refractivity contribution in [1.82, 2.24) is 9.78 Å². The summed E-state index contributed by atoms with van der Waals surface area (Å²) in [4.78, 5) is 0. The Morgan fingerprint density at radius 2 is 2.18 bits per heavy atom. The standard InChI is InChI=1S/C14H16N2O/c1-10-3-4-11-5-7-14(17,12(11)9-10)13-6-8-15-16(13)2/h3-4,6,8-9,17H,5,7H2,1-2H3. The lowest BCUT2D eigenvalue weighted by molar-refractivity contribution is 0.0739. The van der Waals surface area contributed by atoms with Crippen LogP contribution < -0.4 is 0 Å². The summed E-state index contributed by atoms with van der Waals surface area (Å²) < 4.78 is 1.76. The van der Waals surface area contributed by atoms with Crippen LogP contribution in [0.1, 0.15) is 28.8 Å². The third-order valence-corrected chi connectivity index (χ3v) is 3.71. The Morgan fingerprint density at radius 3 is 2.88 bits per heavy atom. The first kappa shape index (κ1) is 10.5. The van der Waals surface area contributed by atoms with Crippen molar-refractivity contribution in [3.05, 3.63) is 52.8 Å². The van der Waals surface area contributed by atoms with E-state index in [0.717, 1.165) is 24.1 Å². The van der Waals surface area contributed by atoms with Gasteiger partial charge in [-0.05, 0) is 37.0 Å². The van der Waals surface area contributed by atoms with E-state index in [4.69, 9.17) is 0 Å². The van der Waals surface area contributed by atoms with Gasteiger partial charge in [-0.1, -0.05) is 23.8 Å². The average molecular weight is 228 g/mol. The monoisotopic (exact) mass is 228 g/mol. The van der Waals surface area contributed by atoms with Crippen molar-refractivity contribution >= 4 is 0 Å². The Morgan fingerprint density at radius 1 is 1.35 bits per heavy atom. The molecule has 88 valence electrons. The molecule has 1 aromatic carbocycles. The van der Waals surface area contributed by atoms with Gasteiger partial charge in [-0.25, -0.2) is 0 Å². The van der Waals surface area contributed by atoms with Crippen molar-refractivity contribution in [3.8, 4) is 0 Å². The Balaban J connectivity index is 2.20. The maximum Gasteiger partial charge on any atom is 0.132 e. The van der Waals surface area contributed by atoms with Crippen molar-refractivity contribution in [3.63, 3.8) is 0 Å². The van der Waals surface area contributed by atoms with Crippen LogP contribution in [0.15, 0.2) is 30.5 Å². The molecule has 0 bridgehead atoms. The van der Waals surface area contributed by atoms with Crippen LogP contribution >= 0.6 is 0 Å². The summed E-state index contributed by atoms with van der Waals surface area (Å²) >= 11 is 0. The highest BCUT2D eigenvalue weighted by Gasteiger charge is 2.40. The number of aryl methyl sites for hydroxylation is 3. The molecule has 1 aliphatic rings. The fourth-order valence-electron chi connectivity index (χ4n) is 2.79. The van der Waals surface area contributed by atoms with Gasteiger partial charge in [-0.3, -0.25) is 4.68 Å². The molecule has 1 N–H and O–H groups in total. The molecule has 0 saturated heterocycles. The van der Waals surface area contributed by atoms with Crippen LogP contribution in [-0.2, 0) is 19.1 Å². The lowest BCUT2D eigenvalue weighted by Crippen LogP contribution is -2.27. The van der Waals surface area contributed by atoms with Crippen molar-refractivity contribution < 1.29 is 5.11 Å². The number of aliphatic hydroxyl groups is 1. The van der Waals surface area contributed by atoms with Gasteiger partial charge in [0.2, 0.25) is 0 Å². The lowest BCUT2D eigenvalue weighted by atomic mass is 9.91. The fraction of sp³-hybridized carbons (Fsp3) is 0.357. The third-order valence-electron chi connectivity index (χ3n) is 3.71. The van der Waals surface area contributed by atoms with Crippen LogP contribution in [0.5, 0.6) is 0 Å². The SMILES string of the molecule is Cc1ccc2c(c1)C(O)(c1ccnn1C)CC2. The normalized spacial score (nSPS) is 22.8. The molecule has 1 aliphatic carbocycles. The number of benzene rings is 1. The molecule has 0 amide bonds. The number of rotatable bonds is 1. The molecular weight excluding hydrogens is 212 g/mol. The van der Waals surface area contributed by atoms with Gasteiger partial charge in [-0.2, -0.15) is 5.10 Å². The minimum absolute atomic E-state index is 0.741. The van der Waals surface area contributed by atoms with Gasteiger partial charge in [0.25, 0.3) is 0 Å². The van der Waals surface area contributed by atoms with Crippen molar-refractivity contribution in [2.75, 3.05) is 0 Å². The van der Waals surface area contributed by atoms with Crippen molar-refractivity contribution in [2.45, 2.75) is 25.4 Å². The second kappa shape index (κ2) is 3.44. The van der Waals surface area contributed by atoms with E-state index in [9.17, 15) is 5.11 Å². The highest BCUT2D eigenvalue weighted by Crippen LogP contribution is 2.41. The van der Waals surface area contributed by atoms with E-state index in [1.165, 1.54) is 11.1 Å². The minimum atomic E-state index is -0.868. The van der Waals surface area contributed by atoms with E-state index in [1.807, 2.05) is 13.1 Å². The van der Waals surface area contributed by atoms with Crippen molar-refractivity contribution in [2.24, 2.45) is 7.05 Å². The Kier molecular flexibility index (Phi) is 2.13. The first-order valence-corrected chi connectivity index (χ1v) is 5.92. The zero-order chi connectivity index (χ0) is 12.0. The number of hydrogen-bond donors (Lipinski definition) is 1. The van der Waals surface area contributed by atoms with Crippen LogP contribution in [0, 0.1) is 6.92 Å². The topological polar surface area (TPSA) is 38.1 Å². The predicted molar refractivity (Wildman–Crippen MR) is 65.7 cm³/mol. The maximum atomic E-state index is 10.9. The van der Waals surface area contributed by atoms with E-state index in [0.29, 0.717) is 0 Å². The molecule has 3 rings (SSSR count). The van der Waals surface area contributed by atoms with Crippen molar-refractivity contribution in [1.29, 1.82) is 0 Å². The molecule has 1 aromatic heterocycles. The summed E-state index contributed by atoms with van der Waals surface area (Å²) in [5.41, 5.74) is 3.49. The molecule has 17 heavy (non-hydrogen) atoms. The van der Waals surface area contributed by atoms with E-state index in [2.05, 4.69) is 30.2 Å². The minimum Gasteiger partial charge on any atom is -0.379 e.